The maximum Gasteiger partial charge on any atom is 0.471 e. The first-order chi connectivity index (χ1) is 12.9. The zero-order valence-electron chi connectivity index (χ0n) is 13.6. The van der Waals surface area contributed by atoms with Gasteiger partial charge in [0, 0.05) is 18.5 Å². The molecule has 0 fully saturated rings. The Balaban J connectivity index is 1.67. The maximum absolute atomic E-state index is 12.5. The van der Waals surface area contributed by atoms with Crippen molar-refractivity contribution in [2.24, 2.45) is 0 Å². The lowest BCUT2D eigenvalue weighted by atomic mass is 10.1. The zero-order chi connectivity index (χ0) is 19.4. The molecule has 0 unspecified atom stereocenters. The summed E-state index contributed by atoms with van der Waals surface area (Å²) in [4.78, 5) is 19.0. The highest BCUT2D eigenvalue weighted by Crippen LogP contribution is 2.29. The number of nitrogens with one attached hydrogen (secondary N) is 1. The summed E-state index contributed by atoms with van der Waals surface area (Å²) >= 11 is 0. The number of nitrogens with zero attached hydrogens (tertiary/aromatic N) is 3. The van der Waals surface area contributed by atoms with E-state index >= 15 is 0 Å². The predicted molar refractivity (Wildman–Crippen MR) is 82.4 cm³/mol. The molecule has 1 aromatic carbocycles. The third-order valence-corrected chi connectivity index (χ3v) is 3.40. The molecule has 7 nitrogen and oxygen atoms in total. The van der Waals surface area contributed by atoms with Crippen molar-refractivity contribution in [1.29, 1.82) is 0 Å². The molecule has 0 saturated carbocycles. The second-order valence-electron chi connectivity index (χ2n) is 5.37. The van der Waals surface area contributed by atoms with Crippen molar-refractivity contribution >= 4 is 5.91 Å². The summed E-state index contributed by atoms with van der Waals surface area (Å²) in [5, 5.41) is 5.63. The summed E-state index contributed by atoms with van der Waals surface area (Å²) in [6.45, 7) is -0.803. The second-order valence-corrected chi connectivity index (χ2v) is 5.37. The molecular formula is C16H12F4N4O3. The molecule has 3 aromatic rings. The van der Waals surface area contributed by atoms with E-state index in [9.17, 15) is 22.4 Å². The van der Waals surface area contributed by atoms with Gasteiger partial charge in [-0.15, -0.1) is 0 Å². The summed E-state index contributed by atoms with van der Waals surface area (Å²) in [6.07, 6.45) is -3.30. The fourth-order valence-electron chi connectivity index (χ4n) is 2.15. The lowest BCUT2D eigenvalue weighted by Crippen LogP contribution is -2.25. The number of hydrogen-bond acceptors (Lipinski definition) is 6. The number of hydrogen-bond donors (Lipinski definition) is 1. The number of benzene rings is 1. The molecule has 1 amide bonds. The molecule has 1 N–H and O–H groups in total. The summed E-state index contributed by atoms with van der Waals surface area (Å²) in [7, 11) is 0. The summed E-state index contributed by atoms with van der Waals surface area (Å²) in [5.74, 6) is -1.89. The lowest BCUT2D eigenvalue weighted by molar-refractivity contribution is -0.159. The molecule has 142 valence electrons. The van der Waals surface area contributed by atoms with Crippen molar-refractivity contribution < 1.29 is 31.3 Å². The van der Waals surface area contributed by atoms with Gasteiger partial charge in [0.25, 0.3) is 5.91 Å². The highest BCUT2D eigenvalue weighted by atomic mass is 19.4. The van der Waals surface area contributed by atoms with E-state index in [0.717, 1.165) is 11.8 Å². The van der Waals surface area contributed by atoms with Crippen LogP contribution in [0, 0.1) is 0 Å². The van der Waals surface area contributed by atoms with Crippen molar-refractivity contribution in [2.45, 2.75) is 12.6 Å². The van der Waals surface area contributed by atoms with Crippen molar-refractivity contribution in [2.75, 3.05) is 13.2 Å². The molecule has 0 aliphatic carbocycles. The average molecular weight is 384 g/mol. The fraction of sp³-hybridized carbons (Fsp3) is 0.250. The van der Waals surface area contributed by atoms with Gasteiger partial charge >= 0.3 is 12.1 Å². The number of aromatic nitrogens is 3. The van der Waals surface area contributed by atoms with E-state index in [-0.39, 0.29) is 30.4 Å². The van der Waals surface area contributed by atoms with E-state index in [0.29, 0.717) is 5.56 Å². The number of rotatable bonds is 6. The number of carbonyl (C=O) groups excluding carboxylic acids is 1. The topological polar surface area (TPSA) is 94.1 Å². The Kier molecular flexibility index (Phi) is 5.19. The van der Waals surface area contributed by atoms with Crippen LogP contribution in [0.4, 0.5) is 17.6 Å². The number of oxazole rings is 1. The van der Waals surface area contributed by atoms with Gasteiger partial charge in [0.2, 0.25) is 5.82 Å². The zero-order valence-corrected chi connectivity index (χ0v) is 13.6. The summed E-state index contributed by atoms with van der Waals surface area (Å²) in [5.41, 5.74) is 1.11. The van der Waals surface area contributed by atoms with Gasteiger partial charge in [-0.3, -0.25) is 4.79 Å². The first kappa shape index (κ1) is 18.5. The molecule has 2 aromatic heterocycles. The van der Waals surface area contributed by atoms with Gasteiger partial charge in [-0.1, -0.05) is 29.4 Å². The van der Waals surface area contributed by atoms with Gasteiger partial charge in [0.1, 0.15) is 12.9 Å². The smallest absolute Gasteiger partial charge is 0.448 e. The van der Waals surface area contributed by atoms with Crippen LogP contribution in [0.1, 0.15) is 27.8 Å². The normalized spacial score (nSPS) is 11.6. The second kappa shape index (κ2) is 7.56. The molecule has 0 saturated heterocycles. The third-order valence-electron chi connectivity index (χ3n) is 3.40. The Labute approximate surface area is 149 Å². The number of halogens is 4. The molecule has 2 heterocycles. The lowest BCUT2D eigenvalue weighted by Gasteiger charge is -2.00. The van der Waals surface area contributed by atoms with Crippen LogP contribution in [0.25, 0.3) is 11.4 Å². The standard InChI is InChI=1S/C16H12F4N4O3/c17-5-6-21-14(25)11-8-26-12(22-11)7-9-1-3-10(4-2-9)13-23-15(27-24-13)16(18,19)20/h1-4,8H,5-7H2,(H,21,25). The van der Waals surface area contributed by atoms with E-state index in [1.165, 1.54) is 12.1 Å². The Morgan fingerprint density at radius 2 is 1.89 bits per heavy atom. The van der Waals surface area contributed by atoms with Crippen molar-refractivity contribution in [3.05, 3.63) is 53.6 Å². The number of alkyl halides is 4. The quantitative estimate of drug-likeness (QED) is 0.657. The predicted octanol–water partition coefficient (Wildman–Crippen LogP) is 3.03. The van der Waals surface area contributed by atoms with Gasteiger partial charge in [0.15, 0.2) is 11.6 Å². The fourth-order valence-corrected chi connectivity index (χ4v) is 2.15. The Morgan fingerprint density at radius 1 is 1.15 bits per heavy atom. The summed E-state index contributed by atoms with van der Waals surface area (Å²) < 4.78 is 58.9. The average Bonchev–Trinajstić information content (AvgIpc) is 3.30. The highest BCUT2D eigenvalue weighted by molar-refractivity contribution is 5.91. The number of amides is 1. The third kappa shape index (κ3) is 4.49. The van der Waals surface area contributed by atoms with Gasteiger partial charge in [-0.2, -0.15) is 18.2 Å². The maximum atomic E-state index is 12.5. The molecule has 0 bridgehead atoms. The molecule has 27 heavy (non-hydrogen) atoms. The molecule has 11 heteroatoms. The van der Waals surface area contributed by atoms with Crippen LogP contribution in [0.2, 0.25) is 0 Å². The monoisotopic (exact) mass is 384 g/mol. The first-order valence-corrected chi connectivity index (χ1v) is 7.65. The van der Waals surface area contributed by atoms with Crippen LogP contribution in [0.3, 0.4) is 0 Å². The summed E-state index contributed by atoms with van der Waals surface area (Å²) in [6, 6.07) is 6.31. The van der Waals surface area contributed by atoms with Crippen LogP contribution in [-0.4, -0.2) is 34.3 Å². The van der Waals surface area contributed by atoms with Gasteiger partial charge < -0.3 is 14.3 Å². The Bertz CT molecular complexity index is 918. The molecule has 0 radical (unpaired) electrons. The van der Waals surface area contributed by atoms with E-state index in [4.69, 9.17) is 4.42 Å². The van der Waals surface area contributed by atoms with E-state index in [1.807, 2.05) is 0 Å². The van der Waals surface area contributed by atoms with E-state index in [2.05, 4.69) is 25.0 Å². The van der Waals surface area contributed by atoms with Gasteiger partial charge in [-0.25, -0.2) is 9.37 Å². The van der Waals surface area contributed by atoms with Crippen LogP contribution in [-0.2, 0) is 12.6 Å². The van der Waals surface area contributed by atoms with Gasteiger partial charge in [-0.05, 0) is 5.56 Å². The van der Waals surface area contributed by atoms with E-state index in [1.54, 1.807) is 12.1 Å². The van der Waals surface area contributed by atoms with E-state index < -0.39 is 24.6 Å². The molecule has 3 rings (SSSR count). The molecule has 0 aliphatic heterocycles. The van der Waals surface area contributed by atoms with Crippen LogP contribution in [0.5, 0.6) is 0 Å². The van der Waals surface area contributed by atoms with Crippen molar-refractivity contribution in [3.8, 4) is 11.4 Å². The Morgan fingerprint density at radius 3 is 2.52 bits per heavy atom. The molecule has 0 aliphatic rings. The SMILES string of the molecule is O=C(NCCF)c1coc(Cc2ccc(-c3noc(C(F)(F)F)n3)cc2)n1. The van der Waals surface area contributed by atoms with Crippen LogP contribution < -0.4 is 5.32 Å². The highest BCUT2D eigenvalue weighted by Gasteiger charge is 2.38. The number of carbonyl (C=O) groups is 1. The van der Waals surface area contributed by atoms with Crippen molar-refractivity contribution in [3.63, 3.8) is 0 Å². The largest absolute Gasteiger partial charge is 0.471 e. The van der Waals surface area contributed by atoms with Crippen LogP contribution >= 0.6 is 0 Å². The van der Waals surface area contributed by atoms with Crippen molar-refractivity contribution in [1.82, 2.24) is 20.4 Å². The first-order valence-electron chi connectivity index (χ1n) is 7.65. The molecular weight excluding hydrogens is 372 g/mol. The minimum Gasteiger partial charge on any atom is -0.448 e. The molecule has 0 spiro atoms. The Hall–Kier alpha value is -3.24. The van der Waals surface area contributed by atoms with Gasteiger partial charge in [0.05, 0.1) is 0 Å². The molecule has 0 atom stereocenters. The van der Waals surface area contributed by atoms with Crippen LogP contribution in [0.15, 0.2) is 39.5 Å². The minimum absolute atomic E-state index is 0.0292. The minimum atomic E-state index is -4.70.